The molecule has 0 spiro atoms. The summed E-state index contributed by atoms with van der Waals surface area (Å²) in [5.41, 5.74) is 2.00. The van der Waals surface area contributed by atoms with E-state index in [4.69, 9.17) is 0 Å². The van der Waals surface area contributed by atoms with Crippen molar-refractivity contribution in [1.29, 1.82) is 0 Å². The van der Waals surface area contributed by atoms with Gasteiger partial charge in [-0.05, 0) is 36.2 Å². The van der Waals surface area contributed by atoms with Crippen molar-refractivity contribution in [1.82, 2.24) is 0 Å². The van der Waals surface area contributed by atoms with E-state index in [1.165, 1.54) is 6.07 Å². The van der Waals surface area contributed by atoms with E-state index in [2.05, 4.69) is 15.9 Å². The minimum absolute atomic E-state index is 0.296. The number of hydrogen-bond acceptors (Lipinski definition) is 1. The maximum atomic E-state index is 13.6. The van der Waals surface area contributed by atoms with E-state index in [0.717, 1.165) is 10.0 Å². The fourth-order valence-electron chi connectivity index (χ4n) is 1.80. The number of hydrogen-bond donors (Lipinski definition) is 1. The van der Waals surface area contributed by atoms with Crippen molar-refractivity contribution in [3.63, 3.8) is 0 Å². The molecule has 1 N–H and O–H groups in total. The van der Waals surface area contributed by atoms with Gasteiger partial charge in [-0.25, -0.2) is 4.39 Å². The molecule has 2 aromatic carbocycles. The average molecular weight is 295 g/mol. The van der Waals surface area contributed by atoms with Gasteiger partial charge in [-0.15, -0.1) is 0 Å². The van der Waals surface area contributed by atoms with E-state index in [9.17, 15) is 9.50 Å². The molecule has 0 aliphatic heterocycles. The third kappa shape index (κ3) is 2.73. The van der Waals surface area contributed by atoms with E-state index in [1.807, 2.05) is 19.1 Å². The van der Waals surface area contributed by atoms with Crippen molar-refractivity contribution in [3.05, 3.63) is 69.4 Å². The van der Waals surface area contributed by atoms with Crippen LogP contribution in [0.25, 0.3) is 0 Å². The third-order valence-corrected chi connectivity index (χ3v) is 3.04. The van der Waals surface area contributed by atoms with Gasteiger partial charge in [0, 0.05) is 10.0 Å². The zero-order valence-electron chi connectivity index (χ0n) is 9.32. The second-order valence-electron chi connectivity index (χ2n) is 3.99. The molecule has 0 saturated carbocycles. The highest BCUT2D eigenvalue weighted by Gasteiger charge is 2.14. The van der Waals surface area contributed by atoms with Crippen LogP contribution in [0.1, 0.15) is 22.8 Å². The van der Waals surface area contributed by atoms with Crippen LogP contribution < -0.4 is 0 Å². The summed E-state index contributed by atoms with van der Waals surface area (Å²) in [4.78, 5) is 0. The second-order valence-corrected chi connectivity index (χ2v) is 4.90. The third-order valence-electron chi connectivity index (χ3n) is 2.58. The molecule has 17 heavy (non-hydrogen) atoms. The summed E-state index contributed by atoms with van der Waals surface area (Å²) >= 11 is 3.37. The lowest BCUT2D eigenvalue weighted by Crippen LogP contribution is -2.02. The SMILES string of the molecule is Cc1cc(Br)cc(C(O)c2ccccc2F)c1. The Morgan fingerprint density at radius 1 is 1.18 bits per heavy atom. The zero-order chi connectivity index (χ0) is 12.4. The van der Waals surface area contributed by atoms with Crippen molar-refractivity contribution in [3.8, 4) is 0 Å². The minimum atomic E-state index is -0.938. The first-order chi connectivity index (χ1) is 8.08. The second kappa shape index (κ2) is 4.98. The minimum Gasteiger partial charge on any atom is -0.384 e. The molecule has 1 unspecified atom stereocenters. The molecule has 0 aliphatic rings. The molecule has 0 amide bonds. The molecule has 1 nitrogen and oxygen atoms in total. The molecule has 0 bridgehead atoms. The van der Waals surface area contributed by atoms with Gasteiger partial charge in [-0.2, -0.15) is 0 Å². The number of aryl methyl sites for hydroxylation is 1. The average Bonchev–Trinajstić information content (AvgIpc) is 2.27. The monoisotopic (exact) mass is 294 g/mol. The topological polar surface area (TPSA) is 20.2 Å². The molecule has 0 saturated heterocycles. The van der Waals surface area contributed by atoms with Crippen molar-refractivity contribution in [2.45, 2.75) is 13.0 Å². The van der Waals surface area contributed by atoms with Crippen molar-refractivity contribution in [2.24, 2.45) is 0 Å². The van der Waals surface area contributed by atoms with E-state index < -0.39 is 11.9 Å². The van der Waals surface area contributed by atoms with Gasteiger partial charge in [0.25, 0.3) is 0 Å². The van der Waals surface area contributed by atoms with Crippen LogP contribution in [0.3, 0.4) is 0 Å². The Bertz CT molecular complexity index is 519. The van der Waals surface area contributed by atoms with Gasteiger partial charge in [0.15, 0.2) is 0 Å². The summed E-state index contributed by atoms with van der Waals surface area (Å²) < 4.78 is 14.4. The van der Waals surface area contributed by atoms with Crippen molar-refractivity contribution in [2.75, 3.05) is 0 Å². The summed E-state index contributed by atoms with van der Waals surface area (Å²) in [5.74, 6) is -0.391. The van der Waals surface area contributed by atoms with E-state index in [-0.39, 0.29) is 0 Å². The fourth-order valence-corrected chi connectivity index (χ4v) is 2.42. The van der Waals surface area contributed by atoms with E-state index >= 15 is 0 Å². The van der Waals surface area contributed by atoms with Crippen LogP contribution in [0.5, 0.6) is 0 Å². The predicted molar refractivity (Wildman–Crippen MR) is 69.3 cm³/mol. The van der Waals surface area contributed by atoms with Gasteiger partial charge in [0.2, 0.25) is 0 Å². The molecule has 0 fully saturated rings. The maximum Gasteiger partial charge on any atom is 0.129 e. The molecule has 3 heteroatoms. The lowest BCUT2D eigenvalue weighted by Gasteiger charge is -2.13. The molecule has 2 aromatic rings. The number of aliphatic hydroxyl groups excluding tert-OH is 1. The smallest absolute Gasteiger partial charge is 0.129 e. The van der Waals surface area contributed by atoms with Crippen LogP contribution in [0.4, 0.5) is 4.39 Å². The fraction of sp³-hybridized carbons (Fsp3) is 0.143. The molecule has 1 atom stereocenters. The van der Waals surface area contributed by atoms with Gasteiger partial charge in [0.1, 0.15) is 11.9 Å². The van der Waals surface area contributed by atoms with E-state index in [0.29, 0.717) is 11.1 Å². The molecule has 88 valence electrons. The molecule has 2 rings (SSSR count). The lowest BCUT2D eigenvalue weighted by atomic mass is 10.00. The molecule has 0 heterocycles. The maximum absolute atomic E-state index is 13.6. The summed E-state index contributed by atoms with van der Waals surface area (Å²) in [6.07, 6.45) is -0.938. The quantitative estimate of drug-likeness (QED) is 0.888. The summed E-state index contributed by atoms with van der Waals surface area (Å²) in [6, 6.07) is 11.9. The Labute approximate surface area is 108 Å². The largest absolute Gasteiger partial charge is 0.384 e. The number of halogens is 2. The van der Waals surface area contributed by atoms with Crippen molar-refractivity contribution < 1.29 is 9.50 Å². The predicted octanol–water partition coefficient (Wildman–Crippen LogP) is 3.98. The Kier molecular flexibility index (Phi) is 3.60. The molecule has 0 aliphatic carbocycles. The molecule has 0 radical (unpaired) electrons. The molecular formula is C14H12BrFO. The van der Waals surface area contributed by atoms with Crippen LogP contribution in [0.2, 0.25) is 0 Å². The lowest BCUT2D eigenvalue weighted by molar-refractivity contribution is 0.215. The zero-order valence-corrected chi connectivity index (χ0v) is 10.9. The van der Waals surface area contributed by atoms with Crippen LogP contribution in [-0.4, -0.2) is 5.11 Å². The van der Waals surface area contributed by atoms with Gasteiger partial charge in [0.05, 0.1) is 0 Å². The van der Waals surface area contributed by atoms with Crippen LogP contribution in [0, 0.1) is 12.7 Å². The van der Waals surface area contributed by atoms with Gasteiger partial charge < -0.3 is 5.11 Å². The first-order valence-electron chi connectivity index (χ1n) is 5.27. The highest BCUT2D eigenvalue weighted by molar-refractivity contribution is 9.10. The molecular weight excluding hydrogens is 283 g/mol. The highest BCUT2D eigenvalue weighted by atomic mass is 79.9. The summed E-state index contributed by atoms with van der Waals surface area (Å²) in [6.45, 7) is 1.93. The Morgan fingerprint density at radius 2 is 1.88 bits per heavy atom. The summed E-state index contributed by atoms with van der Waals surface area (Å²) in [7, 11) is 0. The van der Waals surface area contributed by atoms with Gasteiger partial charge >= 0.3 is 0 Å². The first kappa shape index (κ1) is 12.3. The Hall–Kier alpha value is -1.19. The standard InChI is InChI=1S/C14H12BrFO/c1-9-6-10(8-11(15)7-9)14(17)12-4-2-3-5-13(12)16/h2-8,14,17H,1H3. The van der Waals surface area contributed by atoms with E-state index in [1.54, 1.807) is 24.3 Å². The normalized spacial score (nSPS) is 12.5. The van der Waals surface area contributed by atoms with Gasteiger partial charge in [-0.3, -0.25) is 0 Å². The molecule has 0 aromatic heterocycles. The first-order valence-corrected chi connectivity index (χ1v) is 6.07. The van der Waals surface area contributed by atoms with Crippen molar-refractivity contribution >= 4 is 15.9 Å². The van der Waals surface area contributed by atoms with Gasteiger partial charge in [-0.1, -0.05) is 40.2 Å². The Morgan fingerprint density at radius 3 is 2.53 bits per heavy atom. The summed E-state index contributed by atoms with van der Waals surface area (Å²) in [5, 5.41) is 10.2. The van der Waals surface area contributed by atoms with Crippen LogP contribution in [-0.2, 0) is 0 Å². The van der Waals surface area contributed by atoms with Crippen LogP contribution in [0.15, 0.2) is 46.9 Å². The number of rotatable bonds is 2. The number of aliphatic hydroxyl groups is 1. The number of benzene rings is 2. The Balaban J connectivity index is 2.43. The van der Waals surface area contributed by atoms with Crippen LogP contribution >= 0.6 is 15.9 Å². The highest BCUT2D eigenvalue weighted by Crippen LogP contribution is 2.27.